The Morgan fingerprint density at radius 2 is 1.94 bits per heavy atom. The van der Waals surface area contributed by atoms with Crippen LogP contribution in [0.4, 0.5) is 27.8 Å². The summed E-state index contributed by atoms with van der Waals surface area (Å²) >= 11 is 0. The molecule has 0 unspecified atom stereocenters. The van der Waals surface area contributed by atoms with Gasteiger partial charge in [-0.25, -0.2) is 9.78 Å². The number of aromatic nitrogens is 3. The summed E-state index contributed by atoms with van der Waals surface area (Å²) in [6.07, 6.45) is 1.58. The Morgan fingerprint density at radius 1 is 1.14 bits per heavy atom. The van der Waals surface area contributed by atoms with Crippen LogP contribution >= 0.6 is 0 Å². The third kappa shape index (κ3) is 4.63. The predicted molar refractivity (Wildman–Crippen MR) is 137 cm³/mol. The number of urea groups is 1. The van der Waals surface area contributed by atoms with Crippen LogP contribution in [0.25, 0.3) is 5.65 Å². The monoisotopic (exact) mass is 489 g/mol. The Bertz CT molecular complexity index is 1390. The Morgan fingerprint density at radius 3 is 2.72 bits per heavy atom. The van der Waals surface area contributed by atoms with Crippen molar-refractivity contribution in [3.63, 3.8) is 0 Å². The first-order valence-electron chi connectivity index (χ1n) is 11.4. The molecule has 0 fully saturated rings. The molecule has 0 saturated heterocycles. The summed E-state index contributed by atoms with van der Waals surface area (Å²) in [5.74, 6) is 3.44. The minimum absolute atomic E-state index is 0.360. The molecule has 2 aromatic heterocycles. The number of hydrogen-bond acceptors (Lipinski definition) is 8. The smallest absolute Gasteiger partial charge is 0.319 e. The molecule has 0 radical (unpaired) electrons. The maximum Gasteiger partial charge on any atom is 0.319 e. The summed E-state index contributed by atoms with van der Waals surface area (Å²) in [4.78, 5) is 18.8. The molecular weight excluding hydrogens is 462 g/mol. The van der Waals surface area contributed by atoms with Crippen molar-refractivity contribution in [2.24, 2.45) is 0 Å². The summed E-state index contributed by atoms with van der Waals surface area (Å²) in [6.45, 7) is 1.58. The molecule has 11 heteroatoms. The summed E-state index contributed by atoms with van der Waals surface area (Å²) < 4.78 is 18.5. The number of carbonyl (C=O) groups is 1. The summed E-state index contributed by atoms with van der Waals surface area (Å²) in [5.41, 5.74) is 2.79. The first kappa shape index (κ1) is 23.1. The number of fused-ring (bicyclic) bond motifs is 2. The van der Waals surface area contributed by atoms with Crippen LogP contribution < -0.4 is 35.1 Å². The van der Waals surface area contributed by atoms with Gasteiger partial charge in [0.2, 0.25) is 0 Å². The highest BCUT2D eigenvalue weighted by molar-refractivity contribution is 5.93. The van der Waals surface area contributed by atoms with E-state index in [1.165, 1.54) is 0 Å². The minimum Gasteiger partial charge on any atom is -0.497 e. The van der Waals surface area contributed by atoms with Gasteiger partial charge < -0.3 is 35.1 Å². The van der Waals surface area contributed by atoms with Crippen LogP contribution in [0.5, 0.6) is 17.2 Å². The van der Waals surface area contributed by atoms with Gasteiger partial charge in [0, 0.05) is 26.7 Å². The van der Waals surface area contributed by atoms with Gasteiger partial charge in [-0.2, -0.15) is 9.61 Å². The van der Waals surface area contributed by atoms with Crippen LogP contribution in [0.2, 0.25) is 0 Å². The average Bonchev–Trinajstić information content (AvgIpc) is 3.31. The number of benzene rings is 2. The van der Waals surface area contributed by atoms with E-state index in [9.17, 15) is 4.79 Å². The molecule has 0 bridgehead atoms. The normalized spacial score (nSPS) is 12.2. The zero-order chi connectivity index (χ0) is 25.1. The molecule has 3 heterocycles. The molecule has 1 aliphatic heterocycles. The van der Waals surface area contributed by atoms with Crippen LogP contribution in [0, 0.1) is 0 Å². The Hall–Kier alpha value is -4.67. The second-order valence-electron chi connectivity index (χ2n) is 8.16. The third-order valence-electron chi connectivity index (χ3n) is 5.73. The molecular formula is C25H27N7O4. The fraction of sp³-hybridized carbons (Fsp3) is 0.240. The lowest BCUT2D eigenvalue weighted by molar-refractivity contribution is 0.172. The molecule has 0 spiro atoms. The number of carbonyl (C=O) groups excluding carboxylic acids is 1. The molecule has 1 aliphatic rings. The van der Waals surface area contributed by atoms with Gasteiger partial charge in [-0.1, -0.05) is 18.2 Å². The van der Waals surface area contributed by atoms with E-state index in [0.717, 1.165) is 22.8 Å². The number of para-hydroxylation sites is 1. The average molecular weight is 490 g/mol. The Kier molecular flexibility index (Phi) is 6.35. The van der Waals surface area contributed by atoms with E-state index in [4.69, 9.17) is 19.2 Å². The van der Waals surface area contributed by atoms with Gasteiger partial charge in [-0.3, -0.25) is 0 Å². The van der Waals surface area contributed by atoms with Crippen LogP contribution in [-0.4, -0.2) is 55.0 Å². The molecule has 4 aromatic rings. The maximum atomic E-state index is 12.0. The number of methoxy groups -OCH3 is 1. The molecule has 2 aromatic carbocycles. The lowest BCUT2D eigenvalue weighted by Gasteiger charge is -2.23. The van der Waals surface area contributed by atoms with Crippen molar-refractivity contribution in [2.45, 2.75) is 6.54 Å². The highest BCUT2D eigenvalue weighted by atomic mass is 16.6. The van der Waals surface area contributed by atoms with Gasteiger partial charge in [-0.05, 0) is 29.8 Å². The van der Waals surface area contributed by atoms with Crippen molar-refractivity contribution in [1.82, 2.24) is 19.9 Å². The lowest BCUT2D eigenvalue weighted by atomic mass is 10.2. The number of anilines is 4. The topological polar surface area (TPSA) is 114 Å². The molecule has 3 N–H and O–H groups in total. The Balaban J connectivity index is 1.53. The number of amides is 2. The van der Waals surface area contributed by atoms with Crippen molar-refractivity contribution in [1.29, 1.82) is 0 Å². The number of nitrogens with one attached hydrogen (secondary N) is 3. The molecule has 0 aliphatic carbocycles. The van der Waals surface area contributed by atoms with E-state index in [2.05, 4.69) is 25.9 Å². The summed E-state index contributed by atoms with van der Waals surface area (Å²) in [5, 5.41) is 13.2. The fourth-order valence-corrected chi connectivity index (χ4v) is 3.95. The van der Waals surface area contributed by atoms with E-state index in [1.54, 1.807) is 24.9 Å². The quantitative estimate of drug-likeness (QED) is 0.361. The van der Waals surface area contributed by atoms with E-state index in [-0.39, 0.29) is 6.03 Å². The third-order valence-corrected chi connectivity index (χ3v) is 5.73. The zero-order valence-electron chi connectivity index (χ0n) is 20.2. The highest BCUT2D eigenvalue weighted by Crippen LogP contribution is 2.39. The summed E-state index contributed by atoms with van der Waals surface area (Å²) in [7, 11) is 5.17. The molecule has 2 amide bonds. The predicted octanol–water partition coefficient (Wildman–Crippen LogP) is 3.64. The zero-order valence-corrected chi connectivity index (χ0v) is 20.2. The number of hydrogen-bond donors (Lipinski definition) is 3. The molecule has 0 saturated carbocycles. The second kappa shape index (κ2) is 9.90. The van der Waals surface area contributed by atoms with E-state index >= 15 is 0 Å². The van der Waals surface area contributed by atoms with Crippen LogP contribution in [0.3, 0.4) is 0 Å². The number of nitrogens with zero attached hydrogens (tertiary/aromatic N) is 4. The first-order chi connectivity index (χ1) is 17.6. The van der Waals surface area contributed by atoms with E-state index < -0.39 is 0 Å². The maximum absolute atomic E-state index is 12.0. The van der Waals surface area contributed by atoms with Gasteiger partial charge >= 0.3 is 6.03 Å². The van der Waals surface area contributed by atoms with Crippen molar-refractivity contribution >= 4 is 34.7 Å². The molecule has 5 rings (SSSR count). The van der Waals surface area contributed by atoms with Gasteiger partial charge in [0.05, 0.1) is 19.0 Å². The fourth-order valence-electron chi connectivity index (χ4n) is 3.95. The van der Waals surface area contributed by atoms with Crippen LogP contribution in [0.15, 0.2) is 54.7 Å². The molecule has 0 atom stereocenters. The second-order valence-corrected chi connectivity index (χ2v) is 8.16. The van der Waals surface area contributed by atoms with E-state index in [0.29, 0.717) is 48.4 Å². The summed E-state index contributed by atoms with van der Waals surface area (Å²) in [6, 6.07) is 15.1. The van der Waals surface area contributed by atoms with Crippen molar-refractivity contribution in [3.05, 3.63) is 60.3 Å². The first-order valence-corrected chi connectivity index (χ1v) is 11.4. The Labute approximate surface area is 208 Å². The molecule has 186 valence electrons. The van der Waals surface area contributed by atoms with Crippen molar-refractivity contribution in [3.8, 4) is 17.2 Å². The largest absolute Gasteiger partial charge is 0.497 e. The van der Waals surface area contributed by atoms with Gasteiger partial charge in [0.25, 0.3) is 0 Å². The van der Waals surface area contributed by atoms with Crippen molar-refractivity contribution in [2.75, 3.05) is 50.0 Å². The standard InChI is InChI=1S/C25H27N7O4/c1-26-25(33)29-19-14-27-32-22(31(2)15-16-7-9-17(34-3)10-8-16)13-21(30-24(19)32)28-18-5-4-6-20-23(18)36-12-11-35-20/h4-10,13-14H,11-12,15H2,1-3H3,(H,28,30)(H2,26,29,33). The van der Waals surface area contributed by atoms with Gasteiger partial charge in [-0.15, -0.1) is 0 Å². The van der Waals surface area contributed by atoms with Gasteiger partial charge in [0.15, 0.2) is 17.1 Å². The number of rotatable bonds is 7. The SMILES string of the molecule is CNC(=O)Nc1cnn2c(N(C)Cc3ccc(OC)cc3)cc(Nc3cccc4c3OCCO4)nc12. The molecule has 36 heavy (non-hydrogen) atoms. The lowest BCUT2D eigenvalue weighted by Crippen LogP contribution is -2.24. The van der Waals surface area contributed by atoms with Crippen LogP contribution in [-0.2, 0) is 6.54 Å². The van der Waals surface area contributed by atoms with Crippen LogP contribution in [0.1, 0.15) is 5.56 Å². The van der Waals surface area contributed by atoms with Gasteiger partial charge in [0.1, 0.15) is 36.3 Å². The highest BCUT2D eigenvalue weighted by Gasteiger charge is 2.19. The number of ether oxygens (including phenoxy) is 3. The molecule has 11 nitrogen and oxygen atoms in total. The van der Waals surface area contributed by atoms with E-state index in [1.807, 2.05) is 55.6 Å². The van der Waals surface area contributed by atoms with Crippen molar-refractivity contribution < 1.29 is 19.0 Å². The minimum atomic E-state index is -0.360.